The van der Waals surface area contributed by atoms with Gasteiger partial charge in [0.15, 0.2) is 0 Å². The van der Waals surface area contributed by atoms with Crippen LogP contribution in [-0.4, -0.2) is 13.1 Å². The van der Waals surface area contributed by atoms with E-state index in [-0.39, 0.29) is 62.6 Å². The summed E-state index contributed by atoms with van der Waals surface area (Å²) in [6.45, 7) is 1.85. The standard InChI is InChI=1S/C10H13NO3.K/c1-3-6-4-7(14-2)5-8(11)9(6)10(12)13;/h4-5H,3,11H2,1-2H3,(H,12,13);/q;+1/p-1. The van der Waals surface area contributed by atoms with Gasteiger partial charge in [0.1, 0.15) is 5.75 Å². The summed E-state index contributed by atoms with van der Waals surface area (Å²) in [5, 5.41) is 10.8. The third-order valence-corrected chi connectivity index (χ3v) is 2.04. The number of anilines is 1. The minimum Gasteiger partial charge on any atom is -0.545 e. The van der Waals surface area contributed by atoms with Crippen LogP contribution in [0.3, 0.4) is 0 Å². The third-order valence-electron chi connectivity index (χ3n) is 2.04. The van der Waals surface area contributed by atoms with E-state index < -0.39 is 5.97 Å². The van der Waals surface area contributed by atoms with Crippen LogP contribution >= 0.6 is 0 Å². The number of carbonyl (C=O) groups is 1. The number of nitrogen functional groups attached to an aromatic ring is 1. The van der Waals surface area contributed by atoms with Gasteiger partial charge in [0.05, 0.1) is 13.1 Å². The molecule has 0 spiro atoms. The Hall–Kier alpha value is -0.0736. The molecule has 0 radical (unpaired) electrons. The number of benzene rings is 1. The van der Waals surface area contributed by atoms with Crippen LogP contribution in [0.25, 0.3) is 0 Å². The summed E-state index contributed by atoms with van der Waals surface area (Å²) in [6.07, 6.45) is 0.574. The average molecular weight is 233 g/mol. The van der Waals surface area contributed by atoms with E-state index in [1.165, 1.54) is 13.2 Å². The number of rotatable bonds is 3. The molecule has 0 aliphatic heterocycles. The Bertz CT molecular complexity index is 366. The molecule has 5 heteroatoms. The fraction of sp³-hybridized carbons (Fsp3) is 0.300. The van der Waals surface area contributed by atoms with Crippen LogP contribution in [0.2, 0.25) is 0 Å². The Balaban J connectivity index is 0.00000196. The van der Waals surface area contributed by atoms with E-state index in [0.29, 0.717) is 17.7 Å². The van der Waals surface area contributed by atoms with Crippen molar-refractivity contribution in [3.63, 3.8) is 0 Å². The quantitative estimate of drug-likeness (QED) is 0.452. The van der Waals surface area contributed by atoms with Crippen LogP contribution in [0.15, 0.2) is 12.1 Å². The zero-order valence-electron chi connectivity index (χ0n) is 9.16. The first-order valence-corrected chi connectivity index (χ1v) is 4.27. The number of hydrogen-bond acceptors (Lipinski definition) is 4. The SMILES string of the molecule is CCc1cc(OC)cc(N)c1C(=O)[O-].[K+]. The summed E-state index contributed by atoms with van der Waals surface area (Å²) < 4.78 is 4.98. The molecule has 0 aromatic heterocycles. The number of hydrogen-bond donors (Lipinski definition) is 1. The van der Waals surface area contributed by atoms with Gasteiger partial charge in [-0.1, -0.05) is 6.92 Å². The van der Waals surface area contributed by atoms with Crippen LogP contribution in [-0.2, 0) is 6.42 Å². The van der Waals surface area contributed by atoms with Gasteiger partial charge >= 0.3 is 51.4 Å². The van der Waals surface area contributed by atoms with Gasteiger partial charge in [-0.15, -0.1) is 0 Å². The Morgan fingerprint density at radius 2 is 2.13 bits per heavy atom. The van der Waals surface area contributed by atoms with Crippen LogP contribution in [0.4, 0.5) is 5.69 Å². The van der Waals surface area contributed by atoms with Crippen molar-refractivity contribution in [3.05, 3.63) is 23.3 Å². The first-order chi connectivity index (χ1) is 6.60. The second-order valence-corrected chi connectivity index (χ2v) is 2.89. The van der Waals surface area contributed by atoms with Gasteiger partial charge in [-0.3, -0.25) is 0 Å². The second-order valence-electron chi connectivity index (χ2n) is 2.89. The van der Waals surface area contributed by atoms with Crippen LogP contribution in [0.5, 0.6) is 5.75 Å². The maximum absolute atomic E-state index is 10.8. The van der Waals surface area contributed by atoms with E-state index in [4.69, 9.17) is 10.5 Å². The summed E-state index contributed by atoms with van der Waals surface area (Å²) in [7, 11) is 1.51. The van der Waals surface area contributed by atoms with Gasteiger partial charge in [-0.2, -0.15) is 0 Å². The molecule has 0 aliphatic carbocycles. The van der Waals surface area contributed by atoms with Crippen molar-refractivity contribution in [2.75, 3.05) is 12.8 Å². The summed E-state index contributed by atoms with van der Waals surface area (Å²) in [5.74, 6) is -0.689. The number of carbonyl (C=O) groups excluding carboxylic acids is 1. The second kappa shape index (κ2) is 6.50. The van der Waals surface area contributed by atoms with Crippen LogP contribution in [0.1, 0.15) is 22.8 Å². The molecule has 2 N–H and O–H groups in total. The Morgan fingerprint density at radius 1 is 1.53 bits per heavy atom. The van der Waals surface area contributed by atoms with Crippen molar-refractivity contribution in [1.82, 2.24) is 0 Å². The molecular formula is C10H12KNO3. The summed E-state index contributed by atoms with van der Waals surface area (Å²) in [4.78, 5) is 10.8. The fourth-order valence-electron chi connectivity index (χ4n) is 1.34. The van der Waals surface area contributed by atoms with E-state index in [0.717, 1.165) is 0 Å². The molecule has 0 atom stereocenters. The largest absolute Gasteiger partial charge is 1.00 e. The zero-order valence-corrected chi connectivity index (χ0v) is 12.3. The van der Waals surface area contributed by atoms with E-state index >= 15 is 0 Å². The zero-order chi connectivity index (χ0) is 10.7. The fourth-order valence-corrected chi connectivity index (χ4v) is 1.34. The van der Waals surface area contributed by atoms with E-state index in [1.807, 2.05) is 6.92 Å². The first-order valence-electron chi connectivity index (χ1n) is 4.27. The average Bonchev–Trinajstić information content (AvgIpc) is 2.15. The van der Waals surface area contributed by atoms with Gasteiger partial charge in [-0.25, -0.2) is 0 Å². The molecule has 0 unspecified atom stereocenters. The van der Waals surface area contributed by atoms with Crippen molar-refractivity contribution in [2.24, 2.45) is 0 Å². The molecule has 0 heterocycles. The third kappa shape index (κ3) is 3.46. The van der Waals surface area contributed by atoms with Crippen molar-refractivity contribution >= 4 is 11.7 Å². The van der Waals surface area contributed by atoms with Crippen LogP contribution < -0.4 is 67.0 Å². The first kappa shape index (κ1) is 14.9. The molecule has 0 fully saturated rings. The minimum atomic E-state index is -1.25. The smallest absolute Gasteiger partial charge is 0.545 e. The molecule has 1 rings (SSSR count). The molecule has 76 valence electrons. The monoisotopic (exact) mass is 233 g/mol. The Labute approximate surface area is 131 Å². The molecule has 1 aromatic rings. The summed E-state index contributed by atoms with van der Waals surface area (Å²) in [5.41, 5.74) is 6.45. The molecule has 4 nitrogen and oxygen atoms in total. The maximum atomic E-state index is 10.8. The van der Waals surface area contributed by atoms with Gasteiger partial charge < -0.3 is 20.4 Å². The van der Waals surface area contributed by atoms with Crippen molar-refractivity contribution in [3.8, 4) is 5.75 Å². The summed E-state index contributed by atoms with van der Waals surface area (Å²) >= 11 is 0. The number of ether oxygens (including phenoxy) is 1. The number of aromatic carboxylic acids is 1. The van der Waals surface area contributed by atoms with Gasteiger partial charge in [0.25, 0.3) is 0 Å². The van der Waals surface area contributed by atoms with E-state index in [2.05, 4.69) is 0 Å². The molecule has 0 amide bonds. The number of methoxy groups -OCH3 is 1. The van der Waals surface area contributed by atoms with Gasteiger partial charge in [0, 0.05) is 17.3 Å². The molecule has 0 aliphatic rings. The Kier molecular flexibility index (Phi) is 6.46. The molecule has 0 bridgehead atoms. The molecule has 0 saturated heterocycles. The van der Waals surface area contributed by atoms with Gasteiger partial charge in [-0.05, 0) is 18.1 Å². The topological polar surface area (TPSA) is 75.4 Å². The number of carboxylic acids is 1. The molecular weight excluding hydrogens is 221 g/mol. The predicted molar refractivity (Wildman–Crippen MR) is 51.1 cm³/mol. The van der Waals surface area contributed by atoms with E-state index in [1.54, 1.807) is 6.07 Å². The number of carboxylic acid groups (broad SMARTS) is 1. The number of aryl methyl sites for hydroxylation is 1. The number of nitrogens with two attached hydrogens (primary N) is 1. The molecule has 1 aromatic carbocycles. The normalized spacial score (nSPS) is 9.20. The molecule has 15 heavy (non-hydrogen) atoms. The van der Waals surface area contributed by atoms with E-state index in [9.17, 15) is 9.90 Å². The Morgan fingerprint density at radius 3 is 2.53 bits per heavy atom. The maximum Gasteiger partial charge on any atom is 1.00 e. The summed E-state index contributed by atoms with van der Waals surface area (Å²) in [6, 6.07) is 3.13. The minimum absolute atomic E-state index is 0. The van der Waals surface area contributed by atoms with Crippen LogP contribution in [0, 0.1) is 0 Å². The van der Waals surface area contributed by atoms with Crippen molar-refractivity contribution < 1.29 is 66.0 Å². The van der Waals surface area contributed by atoms with Crippen molar-refractivity contribution in [1.29, 1.82) is 0 Å². The molecule has 0 saturated carbocycles. The van der Waals surface area contributed by atoms with Crippen molar-refractivity contribution in [2.45, 2.75) is 13.3 Å². The predicted octanol–water partition coefficient (Wildman–Crippen LogP) is -2.79. The van der Waals surface area contributed by atoms with Gasteiger partial charge in [0.2, 0.25) is 0 Å².